The largest absolute Gasteiger partial charge is 0.361 e. The van der Waals surface area contributed by atoms with Crippen LogP contribution in [0.15, 0.2) is 23.0 Å². The van der Waals surface area contributed by atoms with E-state index in [0.717, 1.165) is 16.8 Å². The lowest BCUT2D eigenvalue weighted by atomic mass is 10.2. The topological polar surface area (TPSA) is 42.0 Å². The monoisotopic (exact) mass is 248 g/mol. The average Bonchev–Trinajstić information content (AvgIpc) is 2.27. The van der Waals surface area contributed by atoms with Gasteiger partial charge in [-0.3, -0.25) is 4.79 Å². The molecule has 1 N–H and O–H groups in total. The molecule has 1 heterocycles. The smallest absolute Gasteiger partial charge is 0.281 e. The first-order chi connectivity index (χ1) is 8.06. The summed E-state index contributed by atoms with van der Waals surface area (Å²) in [5, 5.41) is 4.62. The van der Waals surface area contributed by atoms with Crippen molar-refractivity contribution in [1.82, 2.24) is 4.98 Å². The highest BCUT2D eigenvalue weighted by atomic mass is 32.1. The quantitative estimate of drug-likeness (QED) is 0.907. The molecule has 17 heavy (non-hydrogen) atoms. The van der Waals surface area contributed by atoms with E-state index in [-0.39, 0.29) is 5.56 Å². The number of benzene rings is 1. The summed E-state index contributed by atoms with van der Waals surface area (Å²) in [5.74, 6) is 0.535. The molecule has 3 nitrogen and oxygen atoms in total. The fourth-order valence-corrected chi connectivity index (χ4v) is 2.43. The van der Waals surface area contributed by atoms with Gasteiger partial charge in [-0.15, -0.1) is 0 Å². The maximum atomic E-state index is 11.9. The van der Waals surface area contributed by atoms with Crippen LogP contribution < -0.4 is 10.9 Å². The zero-order valence-electron chi connectivity index (χ0n) is 10.3. The number of rotatable bonds is 3. The molecular formula is C13H16N2OS. The van der Waals surface area contributed by atoms with E-state index < -0.39 is 0 Å². The van der Waals surface area contributed by atoms with Crippen molar-refractivity contribution < 1.29 is 0 Å². The third kappa shape index (κ3) is 2.82. The fourth-order valence-electron chi connectivity index (χ4n) is 1.55. The van der Waals surface area contributed by atoms with Crippen LogP contribution in [0.5, 0.6) is 0 Å². The van der Waals surface area contributed by atoms with Gasteiger partial charge in [0.1, 0.15) is 0 Å². The molecule has 0 bridgehead atoms. The molecule has 1 aromatic heterocycles. The van der Waals surface area contributed by atoms with E-state index in [2.05, 4.69) is 24.1 Å². The van der Waals surface area contributed by atoms with Gasteiger partial charge in [-0.05, 0) is 25.0 Å². The zero-order chi connectivity index (χ0) is 12.4. The third-order valence-electron chi connectivity index (χ3n) is 2.44. The van der Waals surface area contributed by atoms with Gasteiger partial charge in [0.05, 0.1) is 5.39 Å². The first-order valence-corrected chi connectivity index (χ1v) is 6.53. The van der Waals surface area contributed by atoms with E-state index in [1.54, 1.807) is 0 Å². The number of nitrogens with one attached hydrogen (secondary N) is 1. The average molecular weight is 248 g/mol. The van der Waals surface area contributed by atoms with Gasteiger partial charge < -0.3 is 5.32 Å². The van der Waals surface area contributed by atoms with Crippen molar-refractivity contribution in [3.05, 3.63) is 34.1 Å². The van der Waals surface area contributed by atoms with Crippen molar-refractivity contribution in [3.63, 3.8) is 0 Å². The predicted octanol–water partition coefficient (Wildman–Crippen LogP) is 3.03. The van der Waals surface area contributed by atoms with E-state index >= 15 is 0 Å². The standard InChI is InChI=1S/C13H16N2OS/c1-8(2)7-14-13-15-12(16)10-6-9(3)4-5-11(10)17-13/h4-6,8H,7H2,1-3H3,(H,14,15,16). The number of hydrogen-bond acceptors (Lipinski definition) is 4. The van der Waals surface area contributed by atoms with Gasteiger partial charge in [0, 0.05) is 11.2 Å². The predicted molar refractivity (Wildman–Crippen MR) is 74.0 cm³/mol. The number of hydrogen-bond donors (Lipinski definition) is 1. The second-order valence-electron chi connectivity index (χ2n) is 4.60. The molecule has 2 rings (SSSR count). The Labute approximate surface area is 105 Å². The Morgan fingerprint density at radius 1 is 1.41 bits per heavy atom. The van der Waals surface area contributed by atoms with E-state index in [1.165, 1.54) is 11.3 Å². The van der Waals surface area contributed by atoms with Gasteiger partial charge in [-0.1, -0.05) is 36.8 Å². The van der Waals surface area contributed by atoms with Gasteiger partial charge >= 0.3 is 0 Å². The molecule has 0 aliphatic rings. The van der Waals surface area contributed by atoms with E-state index in [1.807, 2.05) is 25.1 Å². The summed E-state index contributed by atoms with van der Waals surface area (Å²) >= 11 is 1.53. The maximum Gasteiger partial charge on any atom is 0.281 e. The normalized spacial score (nSPS) is 11.1. The molecule has 0 aliphatic heterocycles. The number of nitrogens with zero attached hydrogens (tertiary/aromatic N) is 1. The summed E-state index contributed by atoms with van der Waals surface area (Å²) in [5.41, 5.74) is 0.945. The summed E-state index contributed by atoms with van der Waals surface area (Å²) < 4.78 is 0.988. The Balaban J connectivity index is 2.42. The number of fused-ring (bicyclic) bond motifs is 1. The van der Waals surface area contributed by atoms with Crippen LogP contribution in [-0.2, 0) is 0 Å². The Kier molecular flexibility index (Phi) is 3.43. The Bertz CT molecular complexity index is 589. The minimum absolute atomic E-state index is 0.145. The van der Waals surface area contributed by atoms with E-state index in [4.69, 9.17) is 0 Å². The summed E-state index contributed by atoms with van der Waals surface area (Å²) in [4.78, 5) is 15.9. The molecule has 0 saturated carbocycles. The van der Waals surface area contributed by atoms with Crippen LogP contribution in [0.3, 0.4) is 0 Å². The molecule has 2 aromatic rings. The van der Waals surface area contributed by atoms with Gasteiger partial charge in [-0.25, -0.2) is 0 Å². The number of aromatic nitrogens is 1. The van der Waals surface area contributed by atoms with Crippen molar-refractivity contribution in [3.8, 4) is 0 Å². The molecule has 4 heteroatoms. The highest BCUT2D eigenvalue weighted by Crippen LogP contribution is 2.21. The Hall–Kier alpha value is -1.42. The van der Waals surface area contributed by atoms with Gasteiger partial charge in [0.15, 0.2) is 5.13 Å². The van der Waals surface area contributed by atoms with Gasteiger partial charge in [0.25, 0.3) is 5.56 Å². The lowest BCUT2D eigenvalue weighted by molar-refractivity contribution is 0.688. The van der Waals surface area contributed by atoms with Crippen molar-refractivity contribution in [2.45, 2.75) is 20.8 Å². The summed E-state index contributed by atoms with van der Waals surface area (Å²) in [7, 11) is 0. The molecule has 0 unspecified atom stereocenters. The first-order valence-electron chi connectivity index (χ1n) is 5.71. The summed E-state index contributed by atoms with van der Waals surface area (Å²) in [6.07, 6.45) is 0. The summed E-state index contributed by atoms with van der Waals surface area (Å²) in [6, 6.07) is 5.90. The zero-order valence-corrected chi connectivity index (χ0v) is 11.1. The molecule has 0 spiro atoms. The maximum absolute atomic E-state index is 11.9. The molecular weight excluding hydrogens is 232 g/mol. The number of aryl methyl sites for hydroxylation is 1. The van der Waals surface area contributed by atoms with Crippen molar-refractivity contribution in [1.29, 1.82) is 0 Å². The highest BCUT2D eigenvalue weighted by Gasteiger charge is 2.05. The molecule has 0 atom stereocenters. The second kappa shape index (κ2) is 4.84. The lowest BCUT2D eigenvalue weighted by Crippen LogP contribution is -2.13. The van der Waals surface area contributed by atoms with Crippen molar-refractivity contribution in [2.75, 3.05) is 11.9 Å². The highest BCUT2D eigenvalue weighted by molar-refractivity contribution is 7.21. The van der Waals surface area contributed by atoms with Crippen LogP contribution in [0.2, 0.25) is 0 Å². The van der Waals surface area contributed by atoms with Crippen LogP contribution in [-0.4, -0.2) is 11.5 Å². The Morgan fingerprint density at radius 2 is 2.18 bits per heavy atom. The molecule has 0 amide bonds. The van der Waals surface area contributed by atoms with Crippen LogP contribution >= 0.6 is 11.3 Å². The molecule has 90 valence electrons. The third-order valence-corrected chi connectivity index (χ3v) is 3.44. The second-order valence-corrected chi connectivity index (χ2v) is 5.63. The molecule has 0 aliphatic carbocycles. The minimum Gasteiger partial charge on any atom is -0.361 e. The molecule has 0 fully saturated rings. The lowest BCUT2D eigenvalue weighted by Gasteiger charge is -2.07. The number of anilines is 1. The SMILES string of the molecule is Cc1ccc2sc(NCC(C)C)nc(=O)c2c1. The van der Waals surface area contributed by atoms with Gasteiger partial charge in [0.2, 0.25) is 0 Å². The molecule has 1 aromatic carbocycles. The summed E-state index contributed by atoms with van der Waals surface area (Å²) in [6.45, 7) is 7.06. The van der Waals surface area contributed by atoms with E-state index in [0.29, 0.717) is 16.4 Å². The van der Waals surface area contributed by atoms with Gasteiger partial charge in [-0.2, -0.15) is 4.98 Å². The molecule has 0 radical (unpaired) electrons. The van der Waals surface area contributed by atoms with Crippen molar-refractivity contribution >= 4 is 26.6 Å². The van der Waals surface area contributed by atoms with Crippen LogP contribution in [0.1, 0.15) is 19.4 Å². The molecule has 0 saturated heterocycles. The van der Waals surface area contributed by atoms with Crippen LogP contribution in [0.4, 0.5) is 5.13 Å². The van der Waals surface area contributed by atoms with Crippen molar-refractivity contribution in [2.24, 2.45) is 5.92 Å². The Morgan fingerprint density at radius 3 is 2.88 bits per heavy atom. The minimum atomic E-state index is -0.145. The fraction of sp³-hybridized carbons (Fsp3) is 0.385. The van der Waals surface area contributed by atoms with Crippen LogP contribution in [0.25, 0.3) is 10.1 Å². The van der Waals surface area contributed by atoms with E-state index in [9.17, 15) is 4.79 Å². The van der Waals surface area contributed by atoms with Crippen LogP contribution in [0, 0.1) is 12.8 Å². The first kappa shape index (κ1) is 12.0.